The molecule has 0 radical (unpaired) electrons. The van der Waals surface area contributed by atoms with E-state index in [-0.39, 0.29) is 11.9 Å². The maximum absolute atomic E-state index is 12.6. The van der Waals surface area contributed by atoms with Gasteiger partial charge in [0.05, 0.1) is 0 Å². The SMILES string of the molecule is CN(C)CCn1ccc2cc(NC(=O)Nc3ccc(C(=O)N4CCCCC4)cc3)ccc21. The summed E-state index contributed by atoms with van der Waals surface area (Å²) in [5, 5.41) is 6.81. The Bertz CT molecular complexity index is 1080. The van der Waals surface area contributed by atoms with E-state index in [4.69, 9.17) is 0 Å². The minimum Gasteiger partial charge on any atom is -0.346 e. The van der Waals surface area contributed by atoms with Gasteiger partial charge in [-0.15, -0.1) is 0 Å². The van der Waals surface area contributed by atoms with Crippen LogP contribution in [0.5, 0.6) is 0 Å². The molecule has 7 nitrogen and oxygen atoms in total. The average Bonchev–Trinajstić information content (AvgIpc) is 3.20. The molecule has 32 heavy (non-hydrogen) atoms. The Kier molecular flexibility index (Phi) is 6.75. The zero-order valence-corrected chi connectivity index (χ0v) is 18.8. The number of likely N-dealkylation sites (tertiary alicyclic amines) is 1. The van der Waals surface area contributed by atoms with Gasteiger partial charge in [-0.2, -0.15) is 0 Å². The first kappa shape index (κ1) is 21.9. The molecule has 2 heterocycles. The second-order valence-corrected chi connectivity index (χ2v) is 8.60. The van der Waals surface area contributed by atoms with Crippen LogP contribution in [-0.4, -0.2) is 60.0 Å². The molecule has 0 unspecified atom stereocenters. The molecule has 7 heteroatoms. The van der Waals surface area contributed by atoms with Crippen molar-refractivity contribution in [3.8, 4) is 0 Å². The van der Waals surface area contributed by atoms with Crippen molar-refractivity contribution in [2.75, 3.05) is 44.4 Å². The Labute approximate surface area is 189 Å². The highest BCUT2D eigenvalue weighted by atomic mass is 16.2. The van der Waals surface area contributed by atoms with Gasteiger partial charge in [0.1, 0.15) is 0 Å². The smallest absolute Gasteiger partial charge is 0.323 e. The molecular weight excluding hydrogens is 402 g/mol. The Balaban J connectivity index is 1.35. The number of urea groups is 1. The van der Waals surface area contributed by atoms with Crippen molar-refractivity contribution in [1.29, 1.82) is 0 Å². The molecule has 0 aliphatic carbocycles. The molecule has 0 atom stereocenters. The van der Waals surface area contributed by atoms with Crippen molar-refractivity contribution >= 4 is 34.2 Å². The summed E-state index contributed by atoms with van der Waals surface area (Å²) in [6.07, 6.45) is 5.40. The predicted molar refractivity (Wildman–Crippen MR) is 129 cm³/mol. The molecule has 0 bridgehead atoms. The van der Waals surface area contributed by atoms with E-state index in [1.807, 2.05) is 23.1 Å². The maximum atomic E-state index is 12.6. The van der Waals surface area contributed by atoms with E-state index < -0.39 is 0 Å². The number of nitrogens with one attached hydrogen (secondary N) is 2. The summed E-state index contributed by atoms with van der Waals surface area (Å²) in [5.41, 5.74) is 3.18. The fraction of sp³-hybridized carbons (Fsp3) is 0.360. The van der Waals surface area contributed by atoms with Gasteiger partial charge in [0.15, 0.2) is 0 Å². The van der Waals surface area contributed by atoms with E-state index in [9.17, 15) is 9.59 Å². The fourth-order valence-electron chi connectivity index (χ4n) is 4.05. The third-order valence-corrected chi connectivity index (χ3v) is 5.85. The molecule has 168 valence electrons. The van der Waals surface area contributed by atoms with E-state index in [2.05, 4.69) is 46.5 Å². The second kappa shape index (κ2) is 9.87. The van der Waals surface area contributed by atoms with E-state index >= 15 is 0 Å². The monoisotopic (exact) mass is 433 g/mol. The first-order valence-electron chi connectivity index (χ1n) is 11.2. The van der Waals surface area contributed by atoms with Crippen LogP contribution < -0.4 is 10.6 Å². The number of benzene rings is 2. The second-order valence-electron chi connectivity index (χ2n) is 8.60. The summed E-state index contributed by atoms with van der Waals surface area (Å²) in [4.78, 5) is 29.1. The van der Waals surface area contributed by atoms with Crippen molar-refractivity contribution in [2.24, 2.45) is 0 Å². The molecule has 4 rings (SSSR count). The van der Waals surface area contributed by atoms with Gasteiger partial charge in [-0.25, -0.2) is 4.79 Å². The molecule has 2 N–H and O–H groups in total. The molecule has 2 aromatic carbocycles. The standard InChI is InChI=1S/C25H31N5O2/c1-28(2)16-17-29-15-12-20-18-22(10-11-23(20)29)27-25(32)26-21-8-6-19(7-9-21)24(31)30-13-4-3-5-14-30/h6-12,15,18H,3-5,13-14,16-17H2,1-2H3,(H2,26,27,32). The Morgan fingerprint density at radius 1 is 0.906 bits per heavy atom. The number of hydrogen-bond acceptors (Lipinski definition) is 3. The average molecular weight is 434 g/mol. The van der Waals surface area contributed by atoms with Crippen LogP contribution in [0.4, 0.5) is 16.2 Å². The third kappa shape index (κ3) is 5.29. The number of fused-ring (bicyclic) bond motifs is 1. The minimum absolute atomic E-state index is 0.0616. The van der Waals surface area contributed by atoms with E-state index in [1.165, 1.54) is 6.42 Å². The zero-order chi connectivity index (χ0) is 22.5. The normalized spacial score (nSPS) is 14.0. The number of carbonyl (C=O) groups excluding carboxylic acids is 2. The van der Waals surface area contributed by atoms with Crippen LogP contribution in [-0.2, 0) is 6.54 Å². The number of carbonyl (C=O) groups is 2. The molecular formula is C25H31N5O2. The number of hydrogen-bond donors (Lipinski definition) is 2. The zero-order valence-electron chi connectivity index (χ0n) is 18.8. The molecule has 3 amide bonds. The largest absolute Gasteiger partial charge is 0.346 e. The Morgan fingerprint density at radius 2 is 1.59 bits per heavy atom. The molecule has 1 saturated heterocycles. The van der Waals surface area contributed by atoms with Crippen molar-refractivity contribution in [3.63, 3.8) is 0 Å². The lowest BCUT2D eigenvalue weighted by Gasteiger charge is -2.26. The highest BCUT2D eigenvalue weighted by Crippen LogP contribution is 2.21. The molecule has 1 aromatic heterocycles. The third-order valence-electron chi connectivity index (χ3n) is 5.85. The van der Waals surface area contributed by atoms with Crippen LogP contribution in [0.2, 0.25) is 0 Å². The molecule has 0 saturated carbocycles. The maximum Gasteiger partial charge on any atom is 0.323 e. The van der Waals surface area contributed by atoms with Gasteiger partial charge in [0.25, 0.3) is 5.91 Å². The van der Waals surface area contributed by atoms with Crippen molar-refractivity contribution < 1.29 is 9.59 Å². The van der Waals surface area contributed by atoms with Crippen LogP contribution in [0.1, 0.15) is 29.6 Å². The number of rotatable bonds is 6. The van der Waals surface area contributed by atoms with E-state index in [1.54, 1.807) is 24.3 Å². The minimum atomic E-state index is -0.313. The van der Waals surface area contributed by atoms with Crippen molar-refractivity contribution in [3.05, 3.63) is 60.3 Å². The molecule has 1 aliphatic rings. The highest BCUT2D eigenvalue weighted by Gasteiger charge is 2.18. The number of amides is 3. The van der Waals surface area contributed by atoms with Gasteiger partial charge in [-0.3, -0.25) is 4.79 Å². The van der Waals surface area contributed by atoms with Crippen molar-refractivity contribution in [1.82, 2.24) is 14.4 Å². The lowest BCUT2D eigenvalue weighted by atomic mass is 10.1. The molecule has 1 fully saturated rings. The number of nitrogens with zero attached hydrogens (tertiary/aromatic N) is 3. The number of piperidine rings is 1. The van der Waals surface area contributed by atoms with Crippen LogP contribution in [0, 0.1) is 0 Å². The Morgan fingerprint density at radius 3 is 2.31 bits per heavy atom. The first-order chi connectivity index (χ1) is 15.5. The van der Waals surface area contributed by atoms with Crippen LogP contribution in [0.25, 0.3) is 10.9 Å². The number of likely N-dealkylation sites (N-methyl/N-ethyl adjacent to an activating group) is 1. The van der Waals surface area contributed by atoms with Gasteiger partial charge < -0.3 is 25.0 Å². The van der Waals surface area contributed by atoms with E-state index in [0.717, 1.165) is 55.6 Å². The van der Waals surface area contributed by atoms with Crippen molar-refractivity contribution in [2.45, 2.75) is 25.8 Å². The summed E-state index contributed by atoms with van der Waals surface area (Å²) >= 11 is 0. The lowest BCUT2D eigenvalue weighted by Crippen LogP contribution is -2.35. The van der Waals surface area contributed by atoms with Crippen LogP contribution in [0.3, 0.4) is 0 Å². The van der Waals surface area contributed by atoms with Gasteiger partial charge in [0, 0.05) is 60.2 Å². The van der Waals surface area contributed by atoms with Crippen LogP contribution >= 0.6 is 0 Å². The van der Waals surface area contributed by atoms with Gasteiger partial charge >= 0.3 is 6.03 Å². The van der Waals surface area contributed by atoms with Gasteiger partial charge in [0.2, 0.25) is 0 Å². The van der Waals surface area contributed by atoms with Crippen LogP contribution in [0.15, 0.2) is 54.7 Å². The summed E-state index contributed by atoms with van der Waals surface area (Å²) in [5.74, 6) is 0.0616. The van der Waals surface area contributed by atoms with Gasteiger partial charge in [-0.1, -0.05) is 0 Å². The summed E-state index contributed by atoms with van der Waals surface area (Å²) in [7, 11) is 4.12. The van der Waals surface area contributed by atoms with E-state index in [0.29, 0.717) is 11.3 Å². The fourth-order valence-corrected chi connectivity index (χ4v) is 4.05. The number of aromatic nitrogens is 1. The predicted octanol–water partition coefficient (Wildman–Crippen LogP) is 4.47. The topological polar surface area (TPSA) is 69.6 Å². The first-order valence-corrected chi connectivity index (χ1v) is 11.2. The molecule has 3 aromatic rings. The summed E-state index contributed by atoms with van der Waals surface area (Å²) in [6.45, 7) is 3.53. The molecule has 1 aliphatic heterocycles. The lowest BCUT2D eigenvalue weighted by molar-refractivity contribution is 0.0724. The highest BCUT2D eigenvalue weighted by molar-refractivity contribution is 6.01. The summed E-state index contributed by atoms with van der Waals surface area (Å²) in [6, 6.07) is 14.7. The van der Waals surface area contributed by atoms with Gasteiger partial charge in [-0.05, 0) is 81.9 Å². The number of anilines is 2. The Hall–Kier alpha value is -3.32. The summed E-state index contributed by atoms with van der Waals surface area (Å²) < 4.78 is 2.21. The quantitative estimate of drug-likeness (QED) is 0.602. The molecule has 0 spiro atoms.